The second-order valence-corrected chi connectivity index (χ2v) is 9.83. The molecule has 1 unspecified atom stereocenters. The fraction of sp³-hybridized carbons (Fsp3) is 0.625. The number of piperidine rings is 1. The van der Waals surface area contributed by atoms with Gasteiger partial charge in [0, 0.05) is 30.8 Å². The molecule has 7 nitrogen and oxygen atoms in total. The molecule has 3 heterocycles. The number of amides is 2. The van der Waals surface area contributed by atoms with E-state index in [0.717, 1.165) is 24.0 Å². The van der Waals surface area contributed by atoms with Gasteiger partial charge < -0.3 is 9.64 Å². The molecule has 1 aromatic heterocycles. The Morgan fingerprint density at radius 3 is 2.58 bits per heavy atom. The smallest absolute Gasteiger partial charge is 0.410 e. The van der Waals surface area contributed by atoms with Gasteiger partial charge in [0.15, 0.2) is 9.84 Å². The normalized spacial score (nSPS) is 22.0. The largest absolute Gasteiger partial charge is 0.447 e. The molecule has 2 saturated heterocycles. The van der Waals surface area contributed by atoms with Gasteiger partial charge in [-0.25, -0.2) is 13.2 Å². The van der Waals surface area contributed by atoms with Gasteiger partial charge in [-0.2, -0.15) is 0 Å². The number of cyclic esters (lactones) is 1. The topological polar surface area (TPSA) is 84.0 Å². The number of ether oxygens (including phenoxy) is 1. The number of hydrogen-bond donors (Lipinski definition) is 0. The van der Waals surface area contributed by atoms with Gasteiger partial charge in [-0.15, -0.1) is 11.3 Å². The number of nitrogens with zero attached hydrogens (tertiary/aromatic N) is 2. The lowest BCUT2D eigenvalue weighted by molar-refractivity contribution is 0.0640. The summed E-state index contributed by atoms with van der Waals surface area (Å²) in [4.78, 5) is 28.4. The first-order chi connectivity index (χ1) is 12.2. The van der Waals surface area contributed by atoms with Gasteiger partial charge in [-0.05, 0) is 19.3 Å². The van der Waals surface area contributed by atoms with Crippen molar-refractivity contribution in [3.05, 3.63) is 15.3 Å². The molecule has 0 aliphatic carbocycles. The summed E-state index contributed by atoms with van der Waals surface area (Å²) in [5, 5.41) is 1.41. The third-order valence-electron chi connectivity index (χ3n) is 4.91. The number of rotatable bonds is 4. The first-order valence-electron chi connectivity index (χ1n) is 8.45. The molecule has 2 aliphatic rings. The number of carbonyl (C=O) groups excluding carboxylic acids is 2. The molecule has 10 heteroatoms. The van der Waals surface area contributed by atoms with Crippen LogP contribution in [0.3, 0.4) is 0 Å². The van der Waals surface area contributed by atoms with Crippen molar-refractivity contribution in [1.29, 1.82) is 0 Å². The van der Waals surface area contributed by atoms with Crippen molar-refractivity contribution in [1.82, 2.24) is 9.80 Å². The van der Waals surface area contributed by atoms with E-state index in [1.807, 2.05) is 11.8 Å². The molecule has 0 aromatic carbocycles. The third kappa shape index (κ3) is 3.57. The minimum Gasteiger partial charge on any atom is -0.447 e. The summed E-state index contributed by atoms with van der Waals surface area (Å²) in [5.74, 6) is -0.260. The molecule has 1 atom stereocenters. The Kier molecular flexibility index (Phi) is 5.50. The van der Waals surface area contributed by atoms with Crippen LogP contribution in [0.2, 0.25) is 5.02 Å². The maximum atomic E-state index is 12.7. The Bertz CT molecular complexity index is 815. The zero-order valence-corrected chi connectivity index (χ0v) is 17.0. The molecule has 0 N–H and O–H groups in total. The zero-order valence-electron chi connectivity index (χ0n) is 14.6. The number of sulfone groups is 1. The summed E-state index contributed by atoms with van der Waals surface area (Å²) >= 11 is 7.18. The SMILES string of the molecule is CCC1COC(=O)N1C1CCN(C(=O)c2scc(S(C)(=O)=O)c2Cl)CC1. The van der Waals surface area contributed by atoms with Crippen molar-refractivity contribution in [2.45, 2.75) is 43.2 Å². The van der Waals surface area contributed by atoms with Crippen LogP contribution in [-0.4, -0.2) is 68.3 Å². The van der Waals surface area contributed by atoms with Gasteiger partial charge in [0.2, 0.25) is 0 Å². The average Bonchev–Trinajstić information content (AvgIpc) is 3.16. The third-order valence-corrected chi connectivity index (χ3v) is 7.77. The van der Waals surface area contributed by atoms with Crippen LogP contribution in [0.15, 0.2) is 10.3 Å². The molecule has 2 fully saturated rings. The van der Waals surface area contributed by atoms with E-state index in [4.69, 9.17) is 16.3 Å². The number of hydrogen-bond acceptors (Lipinski definition) is 6. The highest BCUT2D eigenvalue weighted by Crippen LogP contribution is 2.33. The van der Waals surface area contributed by atoms with Crippen LogP contribution in [0.25, 0.3) is 0 Å². The number of thiophene rings is 1. The van der Waals surface area contributed by atoms with Gasteiger partial charge in [0.25, 0.3) is 5.91 Å². The van der Waals surface area contributed by atoms with Crippen molar-refractivity contribution in [2.75, 3.05) is 26.0 Å². The fourth-order valence-corrected chi connectivity index (χ4v) is 6.32. The summed E-state index contributed by atoms with van der Waals surface area (Å²) in [6, 6.07) is 0.156. The molecule has 0 saturated carbocycles. The van der Waals surface area contributed by atoms with Crippen molar-refractivity contribution < 1.29 is 22.7 Å². The maximum absolute atomic E-state index is 12.7. The summed E-state index contributed by atoms with van der Waals surface area (Å²) in [6.45, 7) is 3.43. The maximum Gasteiger partial charge on any atom is 0.410 e. The molecule has 1 aromatic rings. The molecule has 3 rings (SSSR count). The monoisotopic (exact) mass is 420 g/mol. The zero-order chi connectivity index (χ0) is 19.1. The Balaban J connectivity index is 1.68. The molecule has 144 valence electrons. The molecule has 0 bridgehead atoms. The van der Waals surface area contributed by atoms with Crippen LogP contribution in [0.5, 0.6) is 0 Å². The van der Waals surface area contributed by atoms with E-state index in [1.165, 1.54) is 5.38 Å². The molecular formula is C16H21ClN2O5S2. The lowest BCUT2D eigenvalue weighted by Crippen LogP contribution is -2.49. The second kappa shape index (κ2) is 7.36. The highest BCUT2D eigenvalue weighted by molar-refractivity contribution is 7.91. The van der Waals surface area contributed by atoms with Crippen LogP contribution >= 0.6 is 22.9 Å². The van der Waals surface area contributed by atoms with E-state index in [0.29, 0.717) is 32.5 Å². The van der Waals surface area contributed by atoms with Crippen LogP contribution in [0.1, 0.15) is 35.9 Å². The van der Waals surface area contributed by atoms with E-state index >= 15 is 0 Å². The molecular weight excluding hydrogens is 400 g/mol. The molecule has 2 amide bonds. The van der Waals surface area contributed by atoms with Gasteiger partial charge in [-0.1, -0.05) is 18.5 Å². The Morgan fingerprint density at radius 1 is 1.38 bits per heavy atom. The predicted molar refractivity (Wildman–Crippen MR) is 98.6 cm³/mol. The molecule has 0 spiro atoms. The Labute approximate surface area is 161 Å². The Morgan fingerprint density at radius 2 is 2.04 bits per heavy atom. The summed E-state index contributed by atoms with van der Waals surface area (Å²) in [7, 11) is -3.46. The number of halogens is 1. The summed E-state index contributed by atoms with van der Waals surface area (Å²) in [6.07, 6.45) is 2.96. The van der Waals surface area contributed by atoms with Crippen molar-refractivity contribution >= 4 is 44.8 Å². The van der Waals surface area contributed by atoms with Crippen LogP contribution in [0.4, 0.5) is 4.79 Å². The number of carbonyl (C=O) groups is 2. The first kappa shape index (κ1) is 19.4. The van der Waals surface area contributed by atoms with E-state index in [-0.39, 0.29) is 38.9 Å². The lowest BCUT2D eigenvalue weighted by Gasteiger charge is -2.37. The second-order valence-electron chi connectivity index (χ2n) is 6.58. The standard InChI is InChI=1S/C16H21ClN2O5S2/c1-3-10-8-24-16(21)19(10)11-4-6-18(7-5-11)15(20)14-13(17)12(9-25-14)26(2,22)23/h9-11H,3-8H2,1-2H3. The van der Waals surface area contributed by atoms with Gasteiger partial charge in [-0.3, -0.25) is 9.69 Å². The van der Waals surface area contributed by atoms with E-state index < -0.39 is 9.84 Å². The summed E-state index contributed by atoms with van der Waals surface area (Å²) in [5.41, 5.74) is 0. The highest BCUT2D eigenvalue weighted by atomic mass is 35.5. The van der Waals surface area contributed by atoms with E-state index in [1.54, 1.807) is 4.90 Å². The van der Waals surface area contributed by atoms with Crippen molar-refractivity contribution in [3.63, 3.8) is 0 Å². The minimum atomic E-state index is -3.46. The molecule has 2 aliphatic heterocycles. The fourth-order valence-electron chi connectivity index (χ4n) is 3.45. The Hall–Kier alpha value is -1.32. The molecule has 0 radical (unpaired) electrons. The van der Waals surface area contributed by atoms with Crippen LogP contribution in [0, 0.1) is 0 Å². The van der Waals surface area contributed by atoms with Crippen LogP contribution < -0.4 is 0 Å². The van der Waals surface area contributed by atoms with Gasteiger partial charge in [0.1, 0.15) is 11.5 Å². The van der Waals surface area contributed by atoms with Gasteiger partial charge in [0.05, 0.1) is 16.0 Å². The lowest BCUT2D eigenvalue weighted by atomic mass is 10.0. The van der Waals surface area contributed by atoms with Crippen molar-refractivity contribution in [2.24, 2.45) is 0 Å². The first-order valence-corrected chi connectivity index (χ1v) is 11.6. The van der Waals surface area contributed by atoms with E-state index in [9.17, 15) is 18.0 Å². The predicted octanol–water partition coefficient (Wildman–Crippen LogP) is 2.64. The van der Waals surface area contributed by atoms with Gasteiger partial charge >= 0.3 is 6.09 Å². The minimum absolute atomic E-state index is 0.00112. The molecule has 26 heavy (non-hydrogen) atoms. The van der Waals surface area contributed by atoms with Crippen molar-refractivity contribution in [3.8, 4) is 0 Å². The van der Waals surface area contributed by atoms with E-state index in [2.05, 4.69) is 0 Å². The number of likely N-dealkylation sites (tertiary alicyclic amines) is 1. The quantitative estimate of drug-likeness (QED) is 0.747. The average molecular weight is 421 g/mol. The van der Waals surface area contributed by atoms with Crippen LogP contribution in [-0.2, 0) is 14.6 Å². The summed E-state index contributed by atoms with van der Waals surface area (Å²) < 4.78 is 28.5. The highest BCUT2D eigenvalue weighted by Gasteiger charge is 2.39.